The Morgan fingerprint density at radius 2 is 2.30 bits per heavy atom. The molecule has 0 bridgehead atoms. The molecule has 2 unspecified atom stereocenters. The molecule has 0 aromatic carbocycles. The van der Waals surface area contributed by atoms with Crippen molar-refractivity contribution in [2.24, 2.45) is 0 Å². The summed E-state index contributed by atoms with van der Waals surface area (Å²) in [6.07, 6.45) is 3.03. The summed E-state index contributed by atoms with van der Waals surface area (Å²) in [6, 6.07) is 0.691. The summed E-state index contributed by atoms with van der Waals surface area (Å²) < 4.78 is 17.9. The van der Waals surface area contributed by atoms with E-state index in [2.05, 4.69) is 13.2 Å². The van der Waals surface area contributed by atoms with Crippen LogP contribution in [0.15, 0.2) is 25.3 Å². The summed E-state index contributed by atoms with van der Waals surface area (Å²) in [7, 11) is -1.03. The van der Waals surface area contributed by atoms with E-state index in [4.69, 9.17) is 4.12 Å². The van der Waals surface area contributed by atoms with Crippen LogP contribution in [0.25, 0.3) is 0 Å². The van der Waals surface area contributed by atoms with E-state index < -0.39 is 14.8 Å². The highest BCUT2D eigenvalue weighted by Crippen LogP contribution is 2.04. The smallest absolute Gasteiger partial charge is 0.207 e. The fourth-order valence-corrected chi connectivity index (χ4v) is 3.37. The van der Waals surface area contributed by atoms with Gasteiger partial charge in [0.1, 0.15) is 16.3 Å². The molecule has 0 aliphatic carbocycles. The standard InChI is InChI=1S/C6H13FOSi2/c1-3-5-10(8-9)6(7)4-2/h3-4,6,10H,1-2,5H2,9H3. The normalized spacial score (nSPS) is 16.1. The summed E-state index contributed by atoms with van der Waals surface area (Å²) in [6.45, 7) is 6.91. The third-order valence-electron chi connectivity index (χ3n) is 1.28. The van der Waals surface area contributed by atoms with Crippen LogP contribution >= 0.6 is 0 Å². The van der Waals surface area contributed by atoms with Crippen molar-refractivity contribution in [3.05, 3.63) is 25.3 Å². The fourth-order valence-electron chi connectivity index (χ4n) is 0.672. The van der Waals surface area contributed by atoms with Crippen LogP contribution in [-0.2, 0) is 4.12 Å². The van der Waals surface area contributed by atoms with Crippen LogP contribution in [0.5, 0.6) is 0 Å². The van der Waals surface area contributed by atoms with E-state index in [0.29, 0.717) is 16.5 Å². The predicted octanol–water partition coefficient (Wildman–Crippen LogP) is 0.256. The monoisotopic (exact) mass is 176 g/mol. The molecule has 58 valence electrons. The number of hydrogen-bond acceptors (Lipinski definition) is 1. The zero-order valence-electron chi connectivity index (χ0n) is 6.22. The Kier molecular flexibility index (Phi) is 5.47. The Hall–Kier alpha value is -0.196. The first-order valence-corrected chi connectivity index (χ1v) is 5.93. The predicted molar refractivity (Wildman–Crippen MR) is 48.3 cm³/mol. The molecule has 0 aromatic rings. The minimum absolute atomic E-state index is 0.615. The maximum Gasteiger partial charge on any atom is 0.207 e. The van der Waals surface area contributed by atoms with Crippen molar-refractivity contribution in [1.82, 2.24) is 0 Å². The number of alkyl halides is 1. The lowest BCUT2D eigenvalue weighted by atomic mass is 10.7. The van der Waals surface area contributed by atoms with Gasteiger partial charge in [-0.25, -0.2) is 4.39 Å². The van der Waals surface area contributed by atoms with Gasteiger partial charge in [-0.05, 0) is 6.04 Å². The minimum Gasteiger partial charge on any atom is -0.463 e. The van der Waals surface area contributed by atoms with Crippen molar-refractivity contribution in [1.29, 1.82) is 0 Å². The Labute approximate surface area is 65.9 Å². The highest BCUT2D eigenvalue weighted by Gasteiger charge is 2.17. The molecule has 10 heavy (non-hydrogen) atoms. The third-order valence-corrected chi connectivity index (χ3v) is 5.48. The van der Waals surface area contributed by atoms with Gasteiger partial charge in [0.05, 0.1) is 0 Å². The molecule has 0 radical (unpaired) electrons. The third kappa shape index (κ3) is 3.09. The maximum atomic E-state index is 12.8. The van der Waals surface area contributed by atoms with Crippen LogP contribution in [0.2, 0.25) is 6.04 Å². The first kappa shape index (κ1) is 9.80. The van der Waals surface area contributed by atoms with Gasteiger partial charge in [0.15, 0.2) is 0 Å². The highest BCUT2D eigenvalue weighted by atomic mass is 28.3. The first-order chi connectivity index (χ1) is 4.76. The molecular weight excluding hydrogens is 163 g/mol. The second-order valence-corrected chi connectivity index (χ2v) is 6.05. The Morgan fingerprint density at radius 3 is 2.60 bits per heavy atom. The second kappa shape index (κ2) is 5.58. The molecule has 0 rings (SSSR count). The quantitative estimate of drug-likeness (QED) is 0.431. The lowest BCUT2D eigenvalue weighted by molar-refractivity contribution is 0.455. The minimum atomic E-state index is -1.65. The zero-order chi connectivity index (χ0) is 7.98. The van der Waals surface area contributed by atoms with Crippen molar-refractivity contribution < 1.29 is 8.51 Å². The van der Waals surface area contributed by atoms with Crippen LogP contribution in [0.1, 0.15) is 0 Å². The van der Waals surface area contributed by atoms with Gasteiger partial charge in [-0.15, -0.1) is 13.2 Å². The Balaban J connectivity index is 3.78. The van der Waals surface area contributed by atoms with E-state index in [0.717, 1.165) is 0 Å². The van der Waals surface area contributed by atoms with Crippen LogP contribution < -0.4 is 0 Å². The number of halogens is 1. The van der Waals surface area contributed by atoms with Crippen molar-refractivity contribution in [2.45, 2.75) is 11.8 Å². The lowest BCUT2D eigenvalue weighted by Gasteiger charge is -2.12. The maximum absolute atomic E-state index is 12.8. The van der Waals surface area contributed by atoms with Gasteiger partial charge in [0.25, 0.3) is 0 Å². The molecule has 0 aliphatic rings. The van der Waals surface area contributed by atoms with Crippen molar-refractivity contribution in [3.63, 3.8) is 0 Å². The van der Waals surface area contributed by atoms with E-state index >= 15 is 0 Å². The van der Waals surface area contributed by atoms with Gasteiger partial charge < -0.3 is 4.12 Å². The van der Waals surface area contributed by atoms with E-state index in [9.17, 15) is 4.39 Å². The number of allylic oxidation sites excluding steroid dienone is 2. The van der Waals surface area contributed by atoms with Gasteiger partial charge in [0.2, 0.25) is 9.04 Å². The lowest BCUT2D eigenvalue weighted by Crippen LogP contribution is -2.27. The van der Waals surface area contributed by atoms with Gasteiger partial charge >= 0.3 is 0 Å². The molecular formula is C6H13FOSi2. The van der Waals surface area contributed by atoms with Crippen LogP contribution in [0.3, 0.4) is 0 Å². The zero-order valence-corrected chi connectivity index (χ0v) is 9.37. The Morgan fingerprint density at radius 1 is 1.70 bits per heavy atom. The van der Waals surface area contributed by atoms with Crippen LogP contribution in [0, 0.1) is 0 Å². The molecule has 2 atom stereocenters. The highest BCUT2D eigenvalue weighted by molar-refractivity contribution is 6.57. The summed E-state index contributed by atoms with van der Waals surface area (Å²) in [5.41, 5.74) is 0. The summed E-state index contributed by atoms with van der Waals surface area (Å²) in [4.78, 5) is 0. The fraction of sp³-hybridized carbons (Fsp3) is 0.333. The van der Waals surface area contributed by atoms with Crippen molar-refractivity contribution >= 4 is 19.5 Å². The Bertz CT molecular complexity index is 118. The molecule has 0 amide bonds. The average molecular weight is 176 g/mol. The number of rotatable bonds is 5. The number of hydrogen-bond donors (Lipinski definition) is 0. The molecule has 0 saturated heterocycles. The van der Waals surface area contributed by atoms with Crippen molar-refractivity contribution in [3.8, 4) is 0 Å². The molecule has 0 fully saturated rings. The topological polar surface area (TPSA) is 9.23 Å². The van der Waals surface area contributed by atoms with Gasteiger partial charge in [-0.1, -0.05) is 12.2 Å². The van der Waals surface area contributed by atoms with Crippen LogP contribution in [0.4, 0.5) is 4.39 Å². The summed E-state index contributed by atoms with van der Waals surface area (Å²) in [5.74, 6) is -0.921. The van der Waals surface area contributed by atoms with E-state index in [1.165, 1.54) is 6.08 Å². The molecule has 0 spiro atoms. The first-order valence-electron chi connectivity index (χ1n) is 3.16. The van der Waals surface area contributed by atoms with E-state index in [1.807, 2.05) is 0 Å². The molecule has 4 heteroatoms. The van der Waals surface area contributed by atoms with Gasteiger partial charge in [0, 0.05) is 0 Å². The van der Waals surface area contributed by atoms with Crippen molar-refractivity contribution in [2.75, 3.05) is 0 Å². The second-order valence-electron chi connectivity index (χ2n) is 1.98. The van der Waals surface area contributed by atoms with Crippen LogP contribution in [-0.4, -0.2) is 25.3 Å². The van der Waals surface area contributed by atoms with Gasteiger partial charge in [-0.2, -0.15) is 0 Å². The molecule has 0 heterocycles. The summed E-state index contributed by atoms with van der Waals surface area (Å²) in [5, 5.41) is 0. The molecule has 1 nitrogen and oxygen atoms in total. The molecule has 0 saturated carbocycles. The molecule has 0 aliphatic heterocycles. The SMILES string of the molecule is C=CC[SiH](O[SiH3])C(F)C=C. The average Bonchev–Trinajstić information content (AvgIpc) is 1.99. The van der Waals surface area contributed by atoms with E-state index in [-0.39, 0.29) is 0 Å². The van der Waals surface area contributed by atoms with Gasteiger partial charge in [-0.3, -0.25) is 0 Å². The van der Waals surface area contributed by atoms with E-state index in [1.54, 1.807) is 6.08 Å². The largest absolute Gasteiger partial charge is 0.463 e. The summed E-state index contributed by atoms with van der Waals surface area (Å²) >= 11 is 0. The molecule has 0 N–H and O–H groups in total. The molecule has 0 aromatic heterocycles.